The van der Waals surface area contributed by atoms with Crippen LogP contribution in [0, 0.1) is 5.92 Å². The van der Waals surface area contributed by atoms with Gasteiger partial charge in [-0.3, -0.25) is 4.79 Å². The summed E-state index contributed by atoms with van der Waals surface area (Å²) in [4.78, 5) is 12.0. The number of hydrogen-bond acceptors (Lipinski definition) is 5. The molecule has 1 aromatic carbocycles. The van der Waals surface area contributed by atoms with E-state index in [1.54, 1.807) is 4.68 Å². The van der Waals surface area contributed by atoms with Gasteiger partial charge in [-0.2, -0.15) is 0 Å². The fourth-order valence-electron chi connectivity index (χ4n) is 2.36. The Balaban J connectivity index is 0.00000176. The standard InChI is InChI=1S/C14H18N6O.ClH/c15-8-13(11-3-4-11)17-14(21)7-10-1-5-12(6-2-10)20-9-16-18-19-20;/h1-2,5-6,9,11,13H,3-4,7-8,15H2,(H,17,21);1H. The van der Waals surface area contributed by atoms with Crippen molar-refractivity contribution >= 4 is 18.3 Å². The summed E-state index contributed by atoms with van der Waals surface area (Å²) in [6.45, 7) is 0.509. The summed E-state index contributed by atoms with van der Waals surface area (Å²) < 4.78 is 1.57. The molecule has 2 aromatic rings. The molecule has 0 bridgehead atoms. The molecular weight excluding hydrogens is 304 g/mol. The number of hydrogen-bond donors (Lipinski definition) is 2. The van der Waals surface area contributed by atoms with Gasteiger partial charge < -0.3 is 11.1 Å². The van der Waals surface area contributed by atoms with E-state index in [0.29, 0.717) is 18.9 Å². The maximum absolute atomic E-state index is 12.0. The Morgan fingerprint density at radius 3 is 2.64 bits per heavy atom. The summed E-state index contributed by atoms with van der Waals surface area (Å²) in [6.07, 6.45) is 4.23. The van der Waals surface area contributed by atoms with Crippen LogP contribution in [0.5, 0.6) is 0 Å². The molecule has 0 radical (unpaired) electrons. The molecule has 8 heteroatoms. The van der Waals surface area contributed by atoms with E-state index in [0.717, 1.165) is 11.3 Å². The molecule has 0 aliphatic heterocycles. The van der Waals surface area contributed by atoms with Crippen molar-refractivity contribution in [2.75, 3.05) is 6.54 Å². The molecule has 118 valence electrons. The van der Waals surface area contributed by atoms with Crippen molar-refractivity contribution in [2.24, 2.45) is 11.7 Å². The average molecular weight is 323 g/mol. The first-order valence-corrected chi connectivity index (χ1v) is 7.08. The topological polar surface area (TPSA) is 98.7 Å². The van der Waals surface area contributed by atoms with Gasteiger partial charge in [-0.05, 0) is 46.9 Å². The number of amides is 1. The monoisotopic (exact) mass is 322 g/mol. The van der Waals surface area contributed by atoms with E-state index >= 15 is 0 Å². The quantitative estimate of drug-likeness (QED) is 0.806. The Kier molecular flexibility index (Phi) is 5.46. The molecule has 1 heterocycles. The van der Waals surface area contributed by atoms with E-state index in [1.165, 1.54) is 19.2 Å². The van der Waals surface area contributed by atoms with Crippen molar-refractivity contribution in [1.82, 2.24) is 25.5 Å². The van der Waals surface area contributed by atoms with Gasteiger partial charge in [0, 0.05) is 12.6 Å². The van der Waals surface area contributed by atoms with Crippen LogP contribution in [0.4, 0.5) is 0 Å². The van der Waals surface area contributed by atoms with Crippen LogP contribution in [0.1, 0.15) is 18.4 Å². The van der Waals surface area contributed by atoms with Crippen LogP contribution in [-0.4, -0.2) is 38.7 Å². The van der Waals surface area contributed by atoms with Gasteiger partial charge in [0.15, 0.2) is 0 Å². The predicted molar refractivity (Wildman–Crippen MR) is 83.8 cm³/mol. The number of benzene rings is 1. The molecule has 1 saturated carbocycles. The van der Waals surface area contributed by atoms with Gasteiger partial charge in [-0.1, -0.05) is 12.1 Å². The van der Waals surface area contributed by atoms with Crippen molar-refractivity contribution in [2.45, 2.75) is 25.3 Å². The number of tetrazole rings is 1. The molecule has 1 aliphatic carbocycles. The van der Waals surface area contributed by atoms with Crippen LogP contribution >= 0.6 is 12.4 Å². The molecule has 1 fully saturated rings. The summed E-state index contributed by atoms with van der Waals surface area (Å²) >= 11 is 0. The normalized spacial score (nSPS) is 15.0. The smallest absolute Gasteiger partial charge is 0.224 e. The minimum atomic E-state index is 0. The molecule has 1 aromatic heterocycles. The van der Waals surface area contributed by atoms with Gasteiger partial charge in [0.25, 0.3) is 0 Å². The van der Waals surface area contributed by atoms with Gasteiger partial charge in [0.2, 0.25) is 5.91 Å². The molecule has 1 amide bonds. The lowest BCUT2D eigenvalue weighted by atomic mass is 10.1. The summed E-state index contributed by atoms with van der Waals surface area (Å²) in [5, 5.41) is 14.0. The van der Waals surface area contributed by atoms with Crippen LogP contribution < -0.4 is 11.1 Å². The Morgan fingerprint density at radius 1 is 1.36 bits per heavy atom. The molecule has 22 heavy (non-hydrogen) atoms. The average Bonchev–Trinajstić information content (AvgIpc) is 3.20. The van der Waals surface area contributed by atoms with Crippen molar-refractivity contribution in [3.8, 4) is 5.69 Å². The molecule has 1 aliphatic rings. The van der Waals surface area contributed by atoms with Gasteiger partial charge >= 0.3 is 0 Å². The molecule has 1 atom stereocenters. The first-order valence-electron chi connectivity index (χ1n) is 7.08. The SMILES string of the molecule is Cl.NCC(NC(=O)Cc1ccc(-n2cnnn2)cc1)C1CC1. The highest BCUT2D eigenvalue weighted by molar-refractivity contribution is 5.85. The molecule has 7 nitrogen and oxygen atoms in total. The number of nitrogens with one attached hydrogen (secondary N) is 1. The van der Waals surface area contributed by atoms with Crippen LogP contribution in [-0.2, 0) is 11.2 Å². The maximum Gasteiger partial charge on any atom is 0.224 e. The maximum atomic E-state index is 12.0. The lowest BCUT2D eigenvalue weighted by Crippen LogP contribution is -2.42. The Morgan fingerprint density at radius 2 is 2.09 bits per heavy atom. The highest BCUT2D eigenvalue weighted by atomic mass is 35.5. The molecule has 1 unspecified atom stereocenters. The fraction of sp³-hybridized carbons (Fsp3) is 0.429. The largest absolute Gasteiger partial charge is 0.352 e. The Labute approximate surface area is 134 Å². The van der Waals surface area contributed by atoms with Crippen molar-refractivity contribution in [3.63, 3.8) is 0 Å². The fourth-order valence-corrected chi connectivity index (χ4v) is 2.36. The van der Waals surface area contributed by atoms with Gasteiger partial charge in [-0.25, -0.2) is 4.68 Å². The number of carbonyl (C=O) groups is 1. The second kappa shape index (κ2) is 7.33. The van der Waals surface area contributed by atoms with Crippen molar-refractivity contribution in [3.05, 3.63) is 36.2 Å². The molecule has 0 saturated heterocycles. The highest BCUT2D eigenvalue weighted by Crippen LogP contribution is 2.32. The van der Waals surface area contributed by atoms with Crippen molar-refractivity contribution in [1.29, 1.82) is 0 Å². The van der Waals surface area contributed by atoms with E-state index in [-0.39, 0.29) is 24.4 Å². The van der Waals surface area contributed by atoms with E-state index in [9.17, 15) is 4.79 Å². The van der Waals surface area contributed by atoms with Gasteiger partial charge in [0.1, 0.15) is 6.33 Å². The van der Waals surface area contributed by atoms with Crippen LogP contribution in [0.25, 0.3) is 5.69 Å². The molecule has 3 rings (SSSR count). The third kappa shape index (κ3) is 4.02. The third-order valence-electron chi connectivity index (χ3n) is 3.71. The van der Waals surface area contributed by atoms with Crippen molar-refractivity contribution < 1.29 is 4.79 Å². The molecule has 3 N–H and O–H groups in total. The summed E-state index contributed by atoms with van der Waals surface area (Å²) in [5.74, 6) is 0.591. The molecular formula is C14H19ClN6O. The lowest BCUT2D eigenvalue weighted by molar-refractivity contribution is -0.121. The number of halogens is 1. The number of aromatic nitrogens is 4. The minimum absolute atomic E-state index is 0. The molecule has 0 spiro atoms. The lowest BCUT2D eigenvalue weighted by Gasteiger charge is -2.16. The second-order valence-electron chi connectivity index (χ2n) is 5.34. The van der Waals surface area contributed by atoms with Crippen LogP contribution in [0.15, 0.2) is 30.6 Å². The summed E-state index contributed by atoms with van der Waals surface area (Å²) in [6, 6.07) is 7.72. The first-order chi connectivity index (χ1) is 10.3. The first kappa shape index (κ1) is 16.4. The summed E-state index contributed by atoms with van der Waals surface area (Å²) in [5.41, 5.74) is 7.51. The van der Waals surface area contributed by atoms with E-state index in [1.807, 2.05) is 24.3 Å². The van der Waals surface area contributed by atoms with E-state index in [2.05, 4.69) is 20.8 Å². The zero-order valence-corrected chi connectivity index (χ0v) is 12.9. The van der Waals surface area contributed by atoms with Gasteiger partial charge in [0.05, 0.1) is 12.1 Å². The van der Waals surface area contributed by atoms with Gasteiger partial charge in [-0.15, -0.1) is 17.5 Å². The number of carbonyl (C=O) groups excluding carboxylic acids is 1. The van der Waals surface area contributed by atoms with E-state index in [4.69, 9.17) is 5.73 Å². The Hall–Kier alpha value is -1.99. The van der Waals surface area contributed by atoms with E-state index < -0.39 is 0 Å². The van der Waals surface area contributed by atoms with Crippen LogP contribution in [0.2, 0.25) is 0 Å². The highest BCUT2D eigenvalue weighted by Gasteiger charge is 2.31. The summed E-state index contributed by atoms with van der Waals surface area (Å²) in [7, 11) is 0. The third-order valence-corrected chi connectivity index (χ3v) is 3.71. The van der Waals surface area contributed by atoms with Crippen LogP contribution in [0.3, 0.4) is 0 Å². The zero-order valence-electron chi connectivity index (χ0n) is 12.1. The predicted octanol–water partition coefficient (Wildman–Crippen LogP) is 0.480. The number of nitrogens with zero attached hydrogens (tertiary/aromatic N) is 4. The second-order valence-corrected chi connectivity index (χ2v) is 5.34. The Bertz CT molecular complexity index is 596. The zero-order chi connectivity index (χ0) is 14.7. The number of nitrogens with two attached hydrogens (primary N) is 1. The minimum Gasteiger partial charge on any atom is -0.352 e. The number of rotatable bonds is 6.